The fourth-order valence-corrected chi connectivity index (χ4v) is 3.70. The number of anilines is 1. The van der Waals surface area contributed by atoms with Crippen molar-refractivity contribution in [2.24, 2.45) is 0 Å². The summed E-state index contributed by atoms with van der Waals surface area (Å²) in [6.07, 6.45) is 1.46. The number of urea groups is 1. The van der Waals surface area contributed by atoms with Crippen molar-refractivity contribution in [2.45, 2.75) is 17.2 Å². The van der Waals surface area contributed by atoms with Gasteiger partial charge in [-0.2, -0.15) is 0 Å². The second kappa shape index (κ2) is 8.36. The van der Waals surface area contributed by atoms with E-state index in [1.807, 2.05) is 24.3 Å². The maximum Gasteiger partial charge on any atom is 0.325 e. The molecule has 1 aliphatic rings. The molecule has 0 aliphatic carbocycles. The molecule has 1 aromatic heterocycles. The molecule has 1 atom stereocenters. The minimum atomic E-state index is -0.619. The van der Waals surface area contributed by atoms with Crippen LogP contribution < -0.4 is 20.1 Å². The molecule has 2 heterocycles. The Bertz CT molecular complexity index is 1070. The number of nitrogens with zero attached hydrogens (tertiary/aromatic N) is 2. The molecule has 0 unspecified atom stereocenters. The summed E-state index contributed by atoms with van der Waals surface area (Å²) in [7, 11) is 0. The molecule has 148 valence electrons. The summed E-state index contributed by atoms with van der Waals surface area (Å²) in [5.74, 6) is 0.757. The molecule has 0 radical (unpaired) electrons. The molecule has 1 aliphatic heterocycles. The number of rotatable bonds is 4. The molecule has 0 saturated carbocycles. The standard InChI is InChI=1S/C20H18N4O4S/c1-12(29-19-14-4-2-3-5-15(14)21-11-22-19)18(25)24-20(26)23-13-6-7-16-17(10-13)28-9-8-27-16/h2-7,10-12H,8-9H2,1H3,(H2,23,24,25,26)/t12-/m0/s1. The van der Waals surface area contributed by atoms with E-state index in [0.717, 1.165) is 10.9 Å². The number of ether oxygens (including phenoxy) is 2. The van der Waals surface area contributed by atoms with Gasteiger partial charge >= 0.3 is 6.03 Å². The normalized spacial score (nSPS) is 13.6. The van der Waals surface area contributed by atoms with Gasteiger partial charge in [0.2, 0.25) is 5.91 Å². The molecule has 0 spiro atoms. The molecule has 3 amide bonds. The van der Waals surface area contributed by atoms with E-state index in [-0.39, 0.29) is 0 Å². The minimum Gasteiger partial charge on any atom is -0.486 e. The first-order valence-corrected chi connectivity index (χ1v) is 9.86. The van der Waals surface area contributed by atoms with Gasteiger partial charge in [0.25, 0.3) is 0 Å². The van der Waals surface area contributed by atoms with Crippen LogP contribution in [0.15, 0.2) is 53.8 Å². The Hall–Kier alpha value is -3.33. The lowest BCUT2D eigenvalue weighted by Crippen LogP contribution is -2.38. The van der Waals surface area contributed by atoms with Gasteiger partial charge < -0.3 is 14.8 Å². The molecular weight excluding hydrogens is 392 g/mol. The van der Waals surface area contributed by atoms with Gasteiger partial charge in [0, 0.05) is 17.1 Å². The molecule has 0 saturated heterocycles. The first-order chi connectivity index (χ1) is 14.1. The highest BCUT2D eigenvalue weighted by Crippen LogP contribution is 2.32. The van der Waals surface area contributed by atoms with E-state index >= 15 is 0 Å². The first-order valence-electron chi connectivity index (χ1n) is 8.98. The van der Waals surface area contributed by atoms with E-state index in [4.69, 9.17) is 9.47 Å². The summed E-state index contributed by atoms with van der Waals surface area (Å²) in [5, 5.41) is 6.00. The molecule has 3 aromatic rings. The van der Waals surface area contributed by atoms with Crippen LogP contribution in [0.1, 0.15) is 6.92 Å². The van der Waals surface area contributed by atoms with E-state index in [1.54, 1.807) is 25.1 Å². The second-order valence-corrected chi connectivity index (χ2v) is 7.59. The maximum absolute atomic E-state index is 12.4. The van der Waals surface area contributed by atoms with E-state index in [2.05, 4.69) is 20.6 Å². The van der Waals surface area contributed by atoms with Gasteiger partial charge in [-0.15, -0.1) is 0 Å². The van der Waals surface area contributed by atoms with Crippen molar-refractivity contribution >= 4 is 40.3 Å². The van der Waals surface area contributed by atoms with E-state index in [0.29, 0.717) is 35.4 Å². The van der Waals surface area contributed by atoms with Gasteiger partial charge in [-0.3, -0.25) is 10.1 Å². The highest BCUT2D eigenvalue weighted by molar-refractivity contribution is 8.00. The zero-order valence-corrected chi connectivity index (χ0v) is 16.4. The molecule has 2 aromatic carbocycles. The molecule has 29 heavy (non-hydrogen) atoms. The van der Waals surface area contributed by atoms with Gasteiger partial charge in [0.05, 0.1) is 10.8 Å². The van der Waals surface area contributed by atoms with Crippen molar-refractivity contribution in [1.29, 1.82) is 0 Å². The Morgan fingerprint density at radius 1 is 1.07 bits per heavy atom. The van der Waals surface area contributed by atoms with Crippen molar-refractivity contribution in [3.8, 4) is 11.5 Å². The lowest BCUT2D eigenvalue weighted by atomic mass is 10.2. The van der Waals surface area contributed by atoms with Crippen LogP contribution in [0.2, 0.25) is 0 Å². The monoisotopic (exact) mass is 410 g/mol. The average Bonchev–Trinajstić information content (AvgIpc) is 2.73. The third kappa shape index (κ3) is 4.40. The van der Waals surface area contributed by atoms with Crippen LogP contribution in [0.4, 0.5) is 10.5 Å². The number of carbonyl (C=O) groups is 2. The number of para-hydroxylation sites is 1. The molecule has 0 bridgehead atoms. The third-order valence-corrected chi connectivity index (χ3v) is 5.32. The largest absolute Gasteiger partial charge is 0.486 e. The van der Waals surface area contributed by atoms with Gasteiger partial charge in [-0.1, -0.05) is 30.0 Å². The number of benzene rings is 2. The first kappa shape index (κ1) is 19.0. The molecular formula is C20H18N4O4S. The number of thioether (sulfide) groups is 1. The third-order valence-electron chi connectivity index (χ3n) is 4.20. The highest BCUT2D eigenvalue weighted by Gasteiger charge is 2.20. The fourth-order valence-electron chi connectivity index (χ4n) is 2.79. The van der Waals surface area contributed by atoms with E-state index in [9.17, 15) is 9.59 Å². The summed E-state index contributed by atoms with van der Waals surface area (Å²) in [6, 6.07) is 12.0. The summed E-state index contributed by atoms with van der Waals surface area (Å²) >= 11 is 1.27. The summed E-state index contributed by atoms with van der Waals surface area (Å²) in [6.45, 7) is 2.66. The van der Waals surface area contributed by atoms with Crippen molar-refractivity contribution in [3.63, 3.8) is 0 Å². The lowest BCUT2D eigenvalue weighted by Gasteiger charge is -2.19. The SMILES string of the molecule is C[C@H](Sc1ncnc2ccccc12)C(=O)NC(=O)Nc1ccc2c(c1)OCCO2. The molecule has 8 nitrogen and oxygen atoms in total. The molecule has 4 rings (SSSR count). The number of nitrogens with one attached hydrogen (secondary N) is 2. The smallest absolute Gasteiger partial charge is 0.325 e. The van der Waals surface area contributed by atoms with Crippen molar-refractivity contribution < 1.29 is 19.1 Å². The average molecular weight is 410 g/mol. The van der Waals surface area contributed by atoms with Crippen LogP contribution in [-0.2, 0) is 4.79 Å². The Labute approximate surface area is 171 Å². The number of imide groups is 1. The molecule has 2 N–H and O–H groups in total. The van der Waals surface area contributed by atoms with Crippen molar-refractivity contribution in [3.05, 3.63) is 48.8 Å². The van der Waals surface area contributed by atoms with Crippen LogP contribution in [0.25, 0.3) is 10.9 Å². The van der Waals surface area contributed by atoms with Gasteiger partial charge in [0.15, 0.2) is 11.5 Å². The molecule has 0 fully saturated rings. The van der Waals surface area contributed by atoms with Crippen LogP contribution in [-0.4, -0.2) is 40.4 Å². The van der Waals surface area contributed by atoms with Gasteiger partial charge in [-0.05, 0) is 25.1 Å². The number of aromatic nitrogens is 2. The zero-order chi connectivity index (χ0) is 20.2. The lowest BCUT2D eigenvalue weighted by molar-refractivity contribution is -0.119. The Kier molecular flexibility index (Phi) is 5.48. The zero-order valence-electron chi connectivity index (χ0n) is 15.5. The summed E-state index contributed by atoms with van der Waals surface area (Å²) < 4.78 is 10.9. The van der Waals surface area contributed by atoms with Crippen LogP contribution in [0, 0.1) is 0 Å². The number of fused-ring (bicyclic) bond motifs is 2. The topological polar surface area (TPSA) is 102 Å². The van der Waals surface area contributed by atoms with Gasteiger partial charge in [0.1, 0.15) is 24.6 Å². The number of carbonyl (C=O) groups excluding carboxylic acids is 2. The van der Waals surface area contributed by atoms with E-state index in [1.165, 1.54) is 18.1 Å². The Morgan fingerprint density at radius 3 is 2.72 bits per heavy atom. The minimum absolute atomic E-state index is 0.423. The van der Waals surface area contributed by atoms with Gasteiger partial charge in [-0.25, -0.2) is 14.8 Å². The maximum atomic E-state index is 12.4. The quantitative estimate of drug-likeness (QED) is 0.503. The highest BCUT2D eigenvalue weighted by atomic mass is 32.2. The molecule has 9 heteroatoms. The summed E-state index contributed by atoms with van der Waals surface area (Å²) in [5.41, 5.74) is 1.30. The van der Waals surface area contributed by atoms with Crippen LogP contribution in [0.5, 0.6) is 11.5 Å². The summed E-state index contributed by atoms with van der Waals surface area (Å²) in [4.78, 5) is 33.1. The van der Waals surface area contributed by atoms with Crippen molar-refractivity contribution in [2.75, 3.05) is 18.5 Å². The Balaban J connectivity index is 1.37. The number of hydrogen-bond donors (Lipinski definition) is 2. The van der Waals surface area contributed by atoms with Crippen LogP contribution in [0.3, 0.4) is 0 Å². The number of amides is 3. The second-order valence-electron chi connectivity index (χ2n) is 6.26. The van der Waals surface area contributed by atoms with Crippen molar-refractivity contribution in [1.82, 2.24) is 15.3 Å². The predicted octanol–water partition coefficient (Wildman–Crippen LogP) is 3.23. The fraction of sp³-hybridized carbons (Fsp3) is 0.200. The van der Waals surface area contributed by atoms with Crippen LogP contribution >= 0.6 is 11.8 Å². The Morgan fingerprint density at radius 2 is 1.86 bits per heavy atom. The number of hydrogen-bond acceptors (Lipinski definition) is 7. The predicted molar refractivity (Wildman–Crippen MR) is 109 cm³/mol. The van der Waals surface area contributed by atoms with E-state index < -0.39 is 17.2 Å².